The Bertz CT molecular complexity index is 924. The average Bonchev–Trinajstić information content (AvgIpc) is 2.84. The molecule has 0 saturated heterocycles. The largest absolute Gasteiger partial charge is 0.368 e. The highest BCUT2D eigenvalue weighted by atomic mass is 16.2. The van der Waals surface area contributed by atoms with Crippen molar-refractivity contribution in [3.05, 3.63) is 65.7 Å². The van der Waals surface area contributed by atoms with Crippen LogP contribution in [0.2, 0.25) is 0 Å². The number of nitrogens with two attached hydrogens (primary N) is 1. The van der Waals surface area contributed by atoms with Crippen LogP contribution in [0.1, 0.15) is 31.4 Å². The van der Waals surface area contributed by atoms with Gasteiger partial charge in [-0.25, -0.2) is 0 Å². The highest BCUT2D eigenvalue weighted by molar-refractivity contribution is 6.10. The summed E-state index contributed by atoms with van der Waals surface area (Å²) in [5, 5.41) is 2.68. The summed E-state index contributed by atoms with van der Waals surface area (Å²) in [7, 11) is 1.72. The maximum atomic E-state index is 13.4. The van der Waals surface area contributed by atoms with Crippen molar-refractivity contribution < 1.29 is 14.4 Å². The molecule has 0 radical (unpaired) electrons. The van der Waals surface area contributed by atoms with Crippen LogP contribution in [-0.4, -0.2) is 30.3 Å². The summed E-state index contributed by atoms with van der Waals surface area (Å²) in [6.07, 6.45) is 0.317. The highest BCUT2D eigenvalue weighted by Crippen LogP contribution is 2.45. The van der Waals surface area contributed by atoms with Gasteiger partial charge in [0.2, 0.25) is 17.7 Å². The second-order valence-electron chi connectivity index (χ2n) is 7.84. The molecule has 2 aromatic rings. The van der Waals surface area contributed by atoms with Gasteiger partial charge in [-0.15, -0.1) is 0 Å². The lowest BCUT2D eigenvalue weighted by Crippen LogP contribution is -2.55. The SMILES string of the molecule is CN1C(=O)[C@@](CC(=O)NC(C)(C)C(N)=O)(Cc2ccccc2)c2ccccc21. The average molecular weight is 379 g/mol. The van der Waals surface area contributed by atoms with Gasteiger partial charge >= 0.3 is 0 Å². The van der Waals surface area contributed by atoms with Crippen LogP contribution in [0.5, 0.6) is 0 Å². The normalized spacial score (nSPS) is 18.7. The highest BCUT2D eigenvalue weighted by Gasteiger charge is 2.51. The van der Waals surface area contributed by atoms with E-state index in [1.54, 1.807) is 25.8 Å². The molecule has 6 heteroatoms. The number of benzene rings is 2. The van der Waals surface area contributed by atoms with E-state index in [4.69, 9.17) is 5.73 Å². The molecule has 146 valence electrons. The zero-order valence-corrected chi connectivity index (χ0v) is 16.4. The number of likely N-dealkylation sites (N-methyl/N-ethyl adjacent to an activating group) is 1. The van der Waals surface area contributed by atoms with Crippen LogP contribution >= 0.6 is 0 Å². The molecule has 0 aliphatic carbocycles. The standard InChI is InChI=1S/C22H25N3O3/c1-21(2,19(23)27)24-18(26)14-22(13-15-9-5-4-6-10-15)16-11-7-8-12-17(16)25(3)20(22)28/h4-12H,13-14H2,1-3H3,(H2,23,27)(H,24,26)/t22-/m1/s1. The Labute approximate surface area is 164 Å². The fraction of sp³-hybridized carbons (Fsp3) is 0.318. The van der Waals surface area contributed by atoms with E-state index >= 15 is 0 Å². The fourth-order valence-corrected chi connectivity index (χ4v) is 3.79. The monoisotopic (exact) mass is 379 g/mol. The molecule has 1 aliphatic rings. The van der Waals surface area contributed by atoms with E-state index in [0.29, 0.717) is 6.42 Å². The smallest absolute Gasteiger partial charge is 0.242 e. The molecule has 2 aromatic carbocycles. The molecule has 0 bridgehead atoms. The van der Waals surface area contributed by atoms with Crippen molar-refractivity contribution in [3.63, 3.8) is 0 Å². The molecule has 28 heavy (non-hydrogen) atoms. The predicted molar refractivity (Wildman–Crippen MR) is 108 cm³/mol. The number of hydrogen-bond donors (Lipinski definition) is 2. The van der Waals surface area contributed by atoms with E-state index in [0.717, 1.165) is 16.8 Å². The molecular weight excluding hydrogens is 354 g/mol. The summed E-state index contributed by atoms with van der Waals surface area (Å²) in [5.41, 5.74) is 5.72. The first-order chi connectivity index (χ1) is 13.2. The second-order valence-corrected chi connectivity index (χ2v) is 7.84. The number of nitrogens with zero attached hydrogens (tertiary/aromatic N) is 1. The number of primary amides is 1. The van der Waals surface area contributed by atoms with Gasteiger partial charge in [0, 0.05) is 19.2 Å². The molecule has 0 aromatic heterocycles. The molecule has 1 aliphatic heterocycles. The van der Waals surface area contributed by atoms with Crippen LogP contribution < -0.4 is 16.0 Å². The Hall–Kier alpha value is -3.15. The molecule has 3 rings (SSSR count). The third-order valence-corrected chi connectivity index (χ3v) is 5.37. The van der Waals surface area contributed by atoms with Crippen molar-refractivity contribution >= 4 is 23.4 Å². The fourth-order valence-electron chi connectivity index (χ4n) is 3.79. The number of anilines is 1. The van der Waals surface area contributed by atoms with Gasteiger partial charge in [-0.1, -0.05) is 48.5 Å². The number of nitrogens with one attached hydrogen (secondary N) is 1. The van der Waals surface area contributed by atoms with Gasteiger partial charge in [-0.05, 0) is 37.5 Å². The van der Waals surface area contributed by atoms with Gasteiger partial charge in [0.05, 0.1) is 5.41 Å². The van der Waals surface area contributed by atoms with Crippen molar-refractivity contribution in [2.24, 2.45) is 5.73 Å². The lowest BCUT2D eigenvalue weighted by atomic mass is 9.73. The summed E-state index contributed by atoms with van der Waals surface area (Å²) in [5.74, 6) is -1.16. The maximum Gasteiger partial charge on any atom is 0.242 e. The number of fused-ring (bicyclic) bond motifs is 1. The minimum atomic E-state index is -1.20. The molecule has 1 heterocycles. The number of amides is 3. The van der Waals surface area contributed by atoms with Gasteiger partial charge in [0.1, 0.15) is 5.54 Å². The van der Waals surface area contributed by atoms with Crippen LogP contribution in [0.4, 0.5) is 5.69 Å². The molecule has 1 atom stereocenters. The Morgan fingerprint density at radius 2 is 1.68 bits per heavy atom. The maximum absolute atomic E-state index is 13.4. The van der Waals surface area contributed by atoms with E-state index < -0.39 is 22.8 Å². The summed E-state index contributed by atoms with van der Waals surface area (Å²) >= 11 is 0. The summed E-state index contributed by atoms with van der Waals surface area (Å²) < 4.78 is 0. The third-order valence-electron chi connectivity index (χ3n) is 5.37. The van der Waals surface area contributed by atoms with E-state index in [1.165, 1.54) is 0 Å². The van der Waals surface area contributed by atoms with Gasteiger partial charge in [-0.3, -0.25) is 14.4 Å². The zero-order valence-electron chi connectivity index (χ0n) is 16.4. The molecule has 0 fully saturated rings. The number of carbonyl (C=O) groups is 3. The Morgan fingerprint density at radius 3 is 2.32 bits per heavy atom. The Balaban J connectivity index is 2.03. The van der Waals surface area contributed by atoms with E-state index in [2.05, 4.69) is 5.32 Å². The molecule has 0 saturated carbocycles. The minimum Gasteiger partial charge on any atom is -0.368 e. The number of rotatable bonds is 6. The van der Waals surface area contributed by atoms with Crippen LogP contribution in [0.3, 0.4) is 0 Å². The third kappa shape index (κ3) is 3.38. The summed E-state index contributed by atoms with van der Waals surface area (Å²) in [4.78, 5) is 39.5. The topological polar surface area (TPSA) is 92.5 Å². The van der Waals surface area contributed by atoms with E-state index in [9.17, 15) is 14.4 Å². The Kier molecular flexibility index (Phi) is 4.98. The van der Waals surface area contributed by atoms with Crippen molar-refractivity contribution in [2.75, 3.05) is 11.9 Å². The minimum absolute atomic E-state index is 0.0706. The van der Waals surface area contributed by atoms with Gasteiger partial charge in [0.25, 0.3) is 0 Å². The molecule has 6 nitrogen and oxygen atoms in total. The first kappa shape index (κ1) is 19.6. The molecule has 3 amide bonds. The van der Waals surface area contributed by atoms with Crippen molar-refractivity contribution in [1.82, 2.24) is 5.32 Å². The number of hydrogen-bond acceptors (Lipinski definition) is 3. The Morgan fingerprint density at radius 1 is 1.07 bits per heavy atom. The molecule has 0 unspecified atom stereocenters. The molecule has 0 spiro atoms. The van der Waals surface area contributed by atoms with Gasteiger partial charge < -0.3 is 16.0 Å². The van der Waals surface area contributed by atoms with Crippen molar-refractivity contribution in [3.8, 4) is 0 Å². The van der Waals surface area contributed by atoms with Crippen LogP contribution in [-0.2, 0) is 26.2 Å². The van der Waals surface area contributed by atoms with Crippen LogP contribution in [0.15, 0.2) is 54.6 Å². The number of carbonyl (C=O) groups excluding carboxylic acids is 3. The predicted octanol–water partition coefficient (Wildman–Crippen LogP) is 1.91. The van der Waals surface area contributed by atoms with E-state index in [-0.39, 0.29) is 12.3 Å². The summed E-state index contributed by atoms with van der Waals surface area (Å²) in [6, 6.07) is 17.1. The number of para-hydroxylation sites is 1. The zero-order chi connectivity index (χ0) is 20.5. The van der Waals surface area contributed by atoms with Crippen molar-refractivity contribution in [1.29, 1.82) is 0 Å². The van der Waals surface area contributed by atoms with Gasteiger partial charge in [-0.2, -0.15) is 0 Å². The second kappa shape index (κ2) is 7.11. The molecule has 3 N–H and O–H groups in total. The van der Waals surface area contributed by atoms with Gasteiger partial charge in [0.15, 0.2) is 0 Å². The van der Waals surface area contributed by atoms with Crippen LogP contribution in [0, 0.1) is 0 Å². The van der Waals surface area contributed by atoms with Crippen molar-refractivity contribution in [2.45, 2.75) is 37.6 Å². The lowest BCUT2D eigenvalue weighted by Gasteiger charge is -2.30. The van der Waals surface area contributed by atoms with Crippen LogP contribution in [0.25, 0.3) is 0 Å². The first-order valence-electron chi connectivity index (χ1n) is 9.20. The van der Waals surface area contributed by atoms with E-state index in [1.807, 2.05) is 54.6 Å². The molecular formula is C22H25N3O3. The quantitative estimate of drug-likeness (QED) is 0.803. The first-order valence-corrected chi connectivity index (χ1v) is 9.20. The summed E-state index contributed by atoms with van der Waals surface area (Å²) in [6.45, 7) is 3.10. The lowest BCUT2D eigenvalue weighted by molar-refractivity contribution is -0.133.